The molecule has 1 heterocycles. The molecule has 9 heteroatoms. The summed E-state index contributed by atoms with van der Waals surface area (Å²) in [5.74, 6) is 0.888. The standard InChI is InChI=1S/C28H38N2O7/c1-27-13-12-24(37-26(34)30-18-6-8-19(35-3)9-7-18)28(2,17-31)23(27)11-10-22(32)21(27)15-25(33)29-16-20-5-4-14-36-20/h4-9,14,21-24,31-32H,10-13,15-17H2,1-3H3,(H,29,33)(H,30,34)/t21-,22-,23-,24-,27+,28+/m1/s1. The Bertz CT molecular complexity index is 1060. The van der Waals surface area contributed by atoms with Gasteiger partial charge >= 0.3 is 6.09 Å². The Labute approximate surface area is 217 Å². The van der Waals surface area contributed by atoms with Gasteiger partial charge < -0.3 is 29.4 Å². The number of nitrogens with one attached hydrogen (secondary N) is 2. The van der Waals surface area contributed by atoms with Crippen LogP contribution in [0.5, 0.6) is 5.75 Å². The molecule has 2 fully saturated rings. The molecule has 2 amide bonds. The smallest absolute Gasteiger partial charge is 0.411 e. The minimum Gasteiger partial charge on any atom is -0.497 e. The monoisotopic (exact) mass is 514 g/mol. The molecule has 4 N–H and O–H groups in total. The molecular formula is C28H38N2O7. The summed E-state index contributed by atoms with van der Waals surface area (Å²) in [6, 6.07) is 10.5. The zero-order valence-electron chi connectivity index (χ0n) is 21.7. The third-order valence-corrected chi connectivity index (χ3v) is 8.71. The van der Waals surface area contributed by atoms with Crippen LogP contribution in [0.1, 0.15) is 51.7 Å². The first kappa shape index (κ1) is 27.0. The SMILES string of the molecule is COc1ccc(NC(=O)O[C@@H]2CC[C@]3(C)[C@@H](CC[C@@H](O)[C@H]3CC(=O)NCc3ccco3)[C@]2(C)CO)cc1. The summed E-state index contributed by atoms with van der Waals surface area (Å²) >= 11 is 0. The van der Waals surface area contributed by atoms with Crippen LogP contribution < -0.4 is 15.4 Å². The summed E-state index contributed by atoms with van der Waals surface area (Å²) in [7, 11) is 1.57. The number of aliphatic hydroxyl groups excluding tert-OH is 2. The third kappa shape index (κ3) is 5.62. The van der Waals surface area contributed by atoms with E-state index in [4.69, 9.17) is 13.9 Å². The summed E-state index contributed by atoms with van der Waals surface area (Å²) in [6.45, 7) is 4.18. The first-order valence-corrected chi connectivity index (χ1v) is 12.9. The Kier molecular flexibility index (Phi) is 8.14. The van der Waals surface area contributed by atoms with E-state index >= 15 is 0 Å². The van der Waals surface area contributed by atoms with E-state index < -0.39 is 29.1 Å². The second-order valence-electron chi connectivity index (χ2n) is 10.8. The van der Waals surface area contributed by atoms with Crippen LogP contribution in [0.25, 0.3) is 0 Å². The van der Waals surface area contributed by atoms with Crippen molar-refractivity contribution in [3.8, 4) is 5.75 Å². The Balaban J connectivity index is 1.44. The number of furan rings is 1. The van der Waals surface area contributed by atoms with Crippen LogP contribution in [0.2, 0.25) is 0 Å². The largest absolute Gasteiger partial charge is 0.497 e. The summed E-state index contributed by atoms with van der Waals surface area (Å²) in [6.07, 6.45) is 2.44. The molecule has 0 radical (unpaired) electrons. The lowest BCUT2D eigenvalue weighted by Gasteiger charge is -2.60. The zero-order valence-corrected chi connectivity index (χ0v) is 21.7. The number of ether oxygens (including phenoxy) is 2. The number of methoxy groups -OCH3 is 1. The Morgan fingerprint density at radius 2 is 1.89 bits per heavy atom. The van der Waals surface area contributed by atoms with E-state index in [0.29, 0.717) is 49.4 Å². The second kappa shape index (κ2) is 11.1. The molecule has 2 saturated carbocycles. The van der Waals surface area contributed by atoms with Crippen LogP contribution in [-0.4, -0.2) is 48.1 Å². The van der Waals surface area contributed by atoms with Gasteiger partial charge in [0, 0.05) is 17.5 Å². The quantitative estimate of drug-likeness (QED) is 0.417. The number of benzene rings is 1. The van der Waals surface area contributed by atoms with E-state index in [-0.39, 0.29) is 30.8 Å². The molecular weight excluding hydrogens is 476 g/mol. The van der Waals surface area contributed by atoms with Crippen molar-refractivity contribution in [3.63, 3.8) is 0 Å². The minimum absolute atomic E-state index is 0.0381. The second-order valence-corrected chi connectivity index (χ2v) is 10.8. The van der Waals surface area contributed by atoms with Gasteiger partial charge in [0.2, 0.25) is 5.91 Å². The lowest BCUT2D eigenvalue weighted by atomic mass is 9.46. The van der Waals surface area contributed by atoms with Gasteiger partial charge in [0.15, 0.2) is 0 Å². The summed E-state index contributed by atoms with van der Waals surface area (Å²) < 4.78 is 16.3. The van der Waals surface area contributed by atoms with Crippen LogP contribution in [-0.2, 0) is 16.1 Å². The van der Waals surface area contributed by atoms with Crippen molar-refractivity contribution in [3.05, 3.63) is 48.4 Å². The molecule has 1 aromatic heterocycles. The number of carbonyl (C=O) groups excluding carboxylic acids is 2. The van der Waals surface area contributed by atoms with Crippen LogP contribution in [0.4, 0.5) is 10.5 Å². The van der Waals surface area contributed by atoms with E-state index in [0.717, 1.165) is 0 Å². The lowest BCUT2D eigenvalue weighted by Crippen LogP contribution is -2.61. The van der Waals surface area contributed by atoms with Gasteiger partial charge in [-0.1, -0.05) is 13.8 Å². The molecule has 2 aliphatic rings. The van der Waals surface area contributed by atoms with Gasteiger partial charge in [-0.15, -0.1) is 0 Å². The Morgan fingerprint density at radius 3 is 2.54 bits per heavy atom. The highest BCUT2D eigenvalue weighted by Gasteiger charge is 2.60. The van der Waals surface area contributed by atoms with Gasteiger partial charge in [0.25, 0.3) is 0 Å². The molecule has 202 valence electrons. The average Bonchev–Trinajstić information content (AvgIpc) is 3.41. The summed E-state index contributed by atoms with van der Waals surface area (Å²) in [5.41, 5.74) is -0.532. The van der Waals surface area contributed by atoms with Crippen LogP contribution in [0.3, 0.4) is 0 Å². The van der Waals surface area contributed by atoms with Crippen molar-refractivity contribution in [2.75, 3.05) is 19.0 Å². The molecule has 1 aromatic carbocycles. The van der Waals surface area contributed by atoms with Crippen molar-refractivity contribution >= 4 is 17.7 Å². The van der Waals surface area contributed by atoms with E-state index in [1.165, 1.54) is 0 Å². The molecule has 0 unspecified atom stereocenters. The highest BCUT2D eigenvalue weighted by atomic mass is 16.6. The third-order valence-electron chi connectivity index (χ3n) is 8.71. The van der Waals surface area contributed by atoms with Crippen LogP contribution >= 0.6 is 0 Å². The van der Waals surface area contributed by atoms with E-state index in [9.17, 15) is 19.8 Å². The van der Waals surface area contributed by atoms with Gasteiger partial charge in [-0.05, 0) is 79.3 Å². The highest BCUT2D eigenvalue weighted by Crippen LogP contribution is 2.61. The molecule has 37 heavy (non-hydrogen) atoms. The van der Waals surface area contributed by atoms with Crippen molar-refractivity contribution in [2.45, 2.75) is 64.7 Å². The number of hydrogen-bond acceptors (Lipinski definition) is 7. The molecule has 4 rings (SSSR count). The Morgan fingerprint density at radius 1 is 1.14 bits per heavy atom. The number of amides is 2. The van der Waals surface area contributed by atoms with Crippen molar-refractivity contribution < 1.29 is 33.7 Å². The molecule has 0 spiro atoms. The minimum atomic E-state index is -0.715. The molecule has 9 nitrogen and oxygen atoms in total. The predicted molar refractivity (Wildman–Crippen MR) is 137 cm³/mol. The van der Waals surface area contributed by atoms with Crippen molar-refractivity contribution in [1.82, 2.24) is 5.32 Å². The van der Waals surface area contributed by atoms with Crippen LogP contribution in [0, 0.1) is 22.7 Å². The molecule has 0 bridgehead atoms. The molecule has 0 saturated heterocycles. The number of aliphatic hydroxyl groups is 2. The maximum Gasteiger partial charge on any atom is 0.411 e. The fraction of sp³-hybridized carbons (Fsp3) is 0.571. The van der Waals surface area contributed by atoms with E-state index in [2.05, 4.69) is 17.6 Å². The maximum absolute atomic E-state index is 12.8. The van der Waals surface area contributed by atoms with Gasteiger partial charge in [-0.2, -0.15) is 0 Å². The number of rotatable bonds is 8. The molecule has 2 aromatic rings. The van der Waals surface area contributed by atoms with Gasteiger partial charge in [0.1, 0.15) is 17.6 Å². The van der Waals surface area contributed by atoms with E-state index in [1.807, 2.05) is 6.92 Å². The first-order chi connectivity index (χ1) is 17.7. The number of fused-ring (bicyclic) bond motifs is 1. The molecule has 0 aliphatic heterocycles. The van der Waals surface area contributed by atoms with E-state index in [1.54, 1.807) is 49.8 Å². The van der Waals surface area contributed by atoms with Gasteiger partial charge in [-0.25, -0.2) is 4.79 Å². The number of anilines is 1. The maximum atomic E-state index is 12.8. The molecule has 6 atom stereocenters. The predicted octanol–water partition coefficient (Wildman–Crippen LogP) is 4.10. The molecule has 2 aliphatic carbocycles. The van der Waals surface area contributed by atoms with Crippen LogP contribution in [0.15, 0.2) is 47.1 Å². The van der Waals surface area contributed by atoms with Gasteiger partial charge in [0.05, 0.1) is 32.6 Å². The highest BCUT2D eigenvalue weighted by molar-refractivity contribution is 5.84. The number of carbonyl (C=O) groups is 2. The summed E-state index contributed by atoms with van der Waals surface area (Å²) in [5, 5.41) is 27.2. The Hall–Kier alpha value is -3.04. The first-order valence-electron chi connectivity index (χ1n) is 12.9. The lowest BCUT2D eigenvalue weighted by molar-refractivity contribution is -0.185. The fourth-order valence-electron chi connectivity index (χ4n) is 6.60. The van der Waals surface area contributed by atoms with Crippen molar-refractivity contribution in [1.29, 1.82) is 0 Å². The average molecular weight is 515 g/mol. The number of hydrogen-bond donors (Lipinski definition) is 4. The summed E-state index contributed by atoms with van der Waals surface area (Å²) in [4.78, 5) is 25.6. The zero-order chi connectivity index (χ0) is 26.6. The van der Waals surface area contributed by atoms with Crippen molar-refractivity contribution in [2.24, 2.45) is 22.7 Å². The van der Waals surface area contributed by atoms with Gasteiger partial charge in [-0.3, -0.25) is 10.1 Å². The normalized spacial score (nSPS) is 31.2. The fourth-order valence-corrected chi connectivity index (χ4v) is 6.60. The topological polar surface area (TPSA) is 130 Å².